The molecule has 0 heterocycles. The van der Waals surface area contributed by atoms with Crippen molar-refractivity contribution in [2.75, 3.05) is 0 Å². The molecule has 16 heavy (non-hydrogen) atoms. The van der Waals surface area contributed by atoms with Crippen LogP contribution in [0.5, 0.6) is 0 Å². The van der Waals surface area contributed by atoms with Gasteiger partial charge in [0.1, 0.15) is 5.60 Å². The molecule has 0 saturated heterocycles. The lowest BCUT2D eigenvalue weighted by molar-refractivity contribution is 0.0914. The topological polar surface area (TPSA) is 20.2 Å². The van der Waals surface area contributed by atoms with E-state index in [0.717, 1.165) is 18.4 Å². The summed E-state index contributed by atoms with van der Waals surface area (Å²) in [5.74, 6) is 0. The third-order valence-electron chi connectivity index (χ3n) is 3.50. The van der Waals surface area contributed by atoms with Crippen LogP contribution in [0.2, 0.25) is 0 Å². The van der Waals surface area contributed by atoms with E-state index in [1.165, 1.54) is 24.0 Å². The van der Waals surface area contributed by atoms with E-state index in [-0.39, 0.29) is 0 Å². The van der Waals surface area contributed by atoms with Crippen molar-refractivity contribution in [1.82, 2.24) is 0 Å². The number of aryl methyl sites for hydroxylation is 1. The van der Waals surface area contributed by atoms with Crippen molar-refractivity contribution in [2.24, 2.45) is 0 Å². The summed E-state index contributed by atoms with van der Waals surface area (Å²) in [6, 6.07) is 8.18. The molecular formula is C15H20O. The van der Waals surface area contributed by atoms with Gasteiger partial charge in [-0.15, -0.1) is 0 Å². The van der Waals surface area contributed by atoms with Crippen LogP contribution in [-0.2, 0) is 5.60 Å². The van der Waals surface area contributed by atoms with Crippen LogP contribution >= 0.6 is 0 Å². The maximum Gasteiger partial charge on any atom is 0.108 e. The van der Waals surface area contributed by atoms with Gasteiger partial charge in [0.25, 0.3) is 0 Å². The van der Waals surface area contributed by atoms with Crippen molar-refractivity contribution in [3.63, 3.8) is 0 Å². The molecule has 0 amide bonds. The van der Waals surface area contributed by atoms with Crippen molar-refractivity contribution in [1.29, 1.82) is 0 Å². The van der Waals surface area contributed by atoms with E-state index in [2.05, 4.69) is 25.1 Å². The maximum absolute atomic E-state index is 10.7. The van der Waals surface area contributed by atoms with Gasteiger partial charge in [-0.2, -0.15) is 0 Å². The van der Waals surface area contributed by atoms with Crippen LogP contribution < -0.4 is 0 Å². The number of rotatable bonds is 2. The quantitative estimate of drug-likeness (QED) is 0.747. The Morgan fingerprint density at radius 3 is 2.69 bits per heavy atom. The number of hydrogen-bond donors (Lipinski definition) is 1. The van der Waals surface area contributed by atoms with Gasteiger partial charge in [-0.1, -0.05) is 35.9 Å². The third kappa shape index (κ3) is 2.19. The van der Waals surface area contributed by atoms with Crippen LogP contribution in [0.25, 0.3) is 0 Å². The lowest BCUT2D eigenvalue weighted by Crippen LogP contribution is -2.25. The Morgan fingerprint density at radius 2 is 2.06 bits per heavy atom. The summed E-state index contributed by atoms with van der Waals surface area (Å²) in [5.41, 5.74) is 2.62. The summed E-state index contributed by atoms with van der Waals surface area (Å²) < 4.78 is 0. The van der Waals surface area contributed by atoms with Gasteiger partial charge in [0.05, 0.1) is 0 Å². The zero-order chi connectivity index (χ0) is 11.6. The largest absolute Gasteiger partial charge is 0.381 e. The molecule has 0 aromatic heterocycles. The second kappa shape index (κ2) is 4.42. The second-order valence-electron chi connectivity index (χ2n) is 4.92. The van der Waals surface area contributed by atoms with Gasteiger partial charge < -0.3 is 5.11 Å². The number of allylic oxidation sites excluding steroid dienone is 1. The summed E-state index contributed by atoms with van der Waals surface area (Å²) in [5, 5.41) is 10.7. The monoisotopic (exact) mass is 216 g/mol. The maximum atomic E-state index is 10.7. The molecule has 0 radical (unpaired) electrons. The fourth-order valence-corrected chi connectivity index (χ4v) is 2.41. The van der Waals surface area contributed by atoms with E-state index in [9.17, 15) is 5.11 Å². The Bertz CT molecular complexity index is 402. The van der Waals surface area contributed by atoms with Gasteiger partial charge in [-0.05, 0) is 50.7 Å². The smallest absolute Gasteiger partial charge is 0.108 e. The molecule has 86 valence electrons. The molecule has 0 fully saturated rings. The molecule has 0 bridgehead atoms. The molecule has 1 N–H and O–H groups in total. The zero-order valence-corrected chi connectivity index (χ0v) is 10.2. The average Bonchev–Trinajstić information content (AvgIpc) is 2.30. The van der Waals surface area contributed by atoms with E-state index >= 15 is 0 Å². The average molecular weight is 216 g/mol. The van der Waals surface area contributed by atoms with Crippen molar-refractivity contribution in [3.8, 4) is 0 Å². The summed E-state index contributed by atoms with van der Waals surface area (Å²) >= 11 is 0. The van der Waals surface area contributed by atoms with Crippen LogP contribution in [0.3, 0.4) is 0 Å². The van der Waals surface area contributed by atoms with Gasteiger partial charge in [0.2, 0.25) is 0 Å². The lowest BCUT2D eigenvalue weighted by atomic mass is 9.82. The Hall–Kier alpha value is -1.08. The molecule has 0 spiro atoms. The van der Waals surface area contributed by atoms with Crippen LogP contribution in [0.1, 0.15) is 43.7 Å². The highest BCUT2D eigenvalue weighted by Crippen LogP contribution is 2.35. The van der Waals surface area contributed by atoms with Crippen LogP contribution in [0, 0.1) is 6.92 Å². The van der Waals surface area contributed by atoms with Gasteiger partial charge >= 0.3 is 0 Å². The predicted molar refractivity (Wildman–Crippen MR) is 67.3 cm³/mol. The predicted octanol–water partition coefficient (Wildman–Crippen LogP) is 3.70. The third-order valence-corrected chi connectivity index (χ3v) is 3.50. The molecule has 1 aliphatic carbocycles. The standard InChI is InChI=1S/C15H20O/c1-12-7-6-10-14(11-12)15(2,16)13-8-4-3-5-9-13/h6-8,10-11,16H,3-5,9H2,1-2H3. The van der Waals surface area contributed by atoms with Crippen molar-refractivity contribution < 1.29 is 5.11 Å². The zero-order valence-electron chi connectivity index (χ0n) is 10.2. The first-order valence-electron chi connectivity index (χ1n) is 6.10. The van der Waals surface area contributed by atoms with Gasteiger partial charge in [0.15, 0.2) is 0 Å². The molecule has 0 aliphatic heterocycles. The highest BCUT2D eigenvalue weighted by Gasteiger charge is 2.28. The van der Waals surface area contributed by atoms with Crippen molar-refractivity contribution >= 4 is 0 Å². The van der Waals surface area contributed by atoms with E-state index < -0.39 is 5.60 Å². The molecule has 1 nitrogen and oxygen atoms in total. The molecule has 1 heteroatoms. The number of hydrogen-bond acceptors (Lipinski definition) is 1. The first kappa shape index (κ1) is 11.4. The minimum atomic E-state index is -0.785. The molecule has 1 aromatic carbocycles. The van der Waals surface area contributed by atoms with Crippen LogP contribution in [-0.4, -0.2) is 5.11 Å². The second-order valence-corrected chi connectivity index (χ2v) is 4.92. The first-order valence-corrected chi connectivity index (χ1v) is 6.10. The molecule has 0 saturated carbocycles. The van der Waals surface area contributed by atoms with E-state index in [4.69, 9.17) is 0 Å². The van der Waals surface area contributed by atoms with Gasteiger partial charge in [0, 0.05) is 0 Å². The highest BCUT2D eigenvalue weighted by molar-refractivity contribution is 5.34. The fraction of sp³-hybridized carbons (Fsp3) is 0.467. The minimum absolute atomic E-state index is 0.785. The van der Waals surface area contributed by atoms with Gasteiger partial charge in [-0.3, -0.25) is 0 Å². The molecular weight excluding hydrogens is 196 g/mol. The van der Waals surface area contributed by atoms with E-state index in [1.54, 1.807) is 0 Å². The van der Waals surface area contributed by atoms with E-state index in [1.807, 2.05) is 19.1 Å². The molecule has 1 unspecified atom stereocenters. The molecule has 1 aliphatic rings. The number of aliphatic hydroxyl groups is 1. The summed E-state index contributed by atoms with van der Waals surface area (Å²) in [6.45, 7) is 3.98. The minimum Gasteiger partial charge on any atom is -0.381 e. The first-order chi connectivity index (χ1) is 7.60. The van der Waals surface area contributed by atoms with E-state index in [0.29, 0.717) is 0 Å². The van der Waals surface area contributed by atoms with Crippen molar-refractivity contribution in [2.45, 2.75) is 45.1 Å². The molecule has 1 aromatic rings. The normalized spacial score (nSPS) is 20.1. The van der Waals surface area contributed by atoms with Crippen molar-refractivity contribution in [3.05, 3.63) is 47.0 Å². The summed E-state index contributed by atoms with van der Waals surface area (Å²) in [6.07, 6.45) is 6.81. The van der Waals surface area contributed by atoms with Crippen LogP contribution in [0.15, 0.2) is 35.9 Å². The Labute approximate surface area is 97.8 Å². The summed E-state index contributed by atoms with van der Waals surface area (Å²) in [4.78, 5) is 0. The van der Waals surface area contributed by atoms with Gasteiger partial charge in [-0.25, -0.2) is 0 Å². The Morgan fingerprint density at radius 1 is 1.25 bits per heavy atom. The number of benzene rings is 1. The Balaban J connectivity index is 2.33. The summed E-state index contributed by atoms with van der Waals surface area (Å²) in [7, 11) is 0. The molecule has 1 atom stereocenters. The van der Waals surface area contributed by atoms with Crippen LogP contribution in [0.4, 0.5) is 0 Å². The molecule has 2 rings (SSSR count). The SMILES string of the molecule is Cc1cccc(C(C)(O)C2=CCCCC2)c1. The fourth-order valence-electron chi connectivity index (χ4n) is 2.41. The Kier molecular flexibility index (Phi) is 3.15. The highest BCUT2D eigenvalue weighted by atomic mass is 16.3. The lowest BCUT2D eigenvalue weighted by Gasteiger charge is -2.29.